The number of benzene rings is 2. The molecule has 0 aromatic heterocycles. The highest BCUT2D eigenvalue weighted by molar-refractivity contribution is 5.90. The summed E-state index contributed by atoms with van der Waals surface area (Å²) in [6, 6.07) is 16.3. The fraction of sp³-hybridized carbons (Fsp3) is 0.278. The number of nitrogens with one attached hydrogen (secondary N) is 1. The molecule has 1 atom stereocenters. The van der Waals surface area contributed by atoms with Gasteiger partial charge >= 0.3 is 6.03 Å². The molecule has 3 nitrogen and oxygen atoms in total. The van der Waals surface area contributed by atoms with E-state index in [1.165, 1.54) is 11.1 Å². The zero-order chi connectivity index (χ0) is 14.8. The van der Waals surface area contributed by atoms with Crippen molar-refractivity contribution < 1.29 is 4.79 Å². The van der Waals surface area contributed by atoms with Crippen LogP contribution in [0, 0.1) is 6.92 Å². The van der Waals surface area contributed by atoms with Gasteiger partial charge in [0.15, 0.2) is 0 Å². The van der Waals surface area contributed by atoms with Crippen LogP contribution in [0.4, 0.5) is 10.5 Å². The second kappa shape index (κ2) is 5.60. The van der Waals surface area contributed by atoms with E-state index in [9.17, 15) is 4.79 Å². The van der Waals surface area contributed by atoms with Crippen molar-refractivity contribution in [2.24, 2.45) is 0 Å². The Bertz CT molecular complexity index is 666. The molecular weight excluding hydrogens is 260 g/mol. The number of aryl methyl sites for hydroxylation is 1. The molecule has 0 spiro atoms. The smallest absolute Gasteiger partial charge is 0.317 e. The summed E-state index contributed by atoms with van der Waals surface area (Å²) in [4.78, 5) is 14.5. The number of para-hydroxylation sites is 1. The van der Waals surface area contributed by atoms with E-state index in [-0.39, 0.29) is 12.1 Å². The van der Waals surface area contributed by atoms with Crippen LogP contribution in [0.25, 0.3) is 0 Å². The molecule has 1 N–H and O–H groups in total. The van der Waals surface area contributed by atoms with Crippen molar-refractivity contribution in [1.82, 2.24) is 4.90 Å². The Kier molecular flexibility index (Phi) is 3.65. The number of urea groups is 1. The third-order valence-corrected chi connectivity index (χ3v) is 4.24. The summed E-state index contributed by atoms with van der Waals surface area (Å²) < 4.78 is 0. The Morgan fingerprint density at radius 1 is 1.14 bits per heavy atom. The molecule has 0 aliphatic carbocycles. The van der Waals surface area contributed by atoms with Gasteiger partial charge in [-0.2, -0.15) is 0 Å². The monoisotopic (exact) mass is 280 g/mol. The predicted octanol–water partition coefficient (Wildman–Crippen LogP) is 4.15. The van der Waals surface area contributed by atoms with E-state index in [4.69, 9.17) is 0 Å². The minimum absolute atomic E-state index is 0.0219. The largest absolute Gasteiger partial charge is 0.322 e. The van der Waals surface area contributed by atoms with Crippen molar-refractivity contribution in [2.45, 2.75) is 26.3 Å². The summed E-state index contributed by atoms with van der Waals surface area (Å²) in [5, 5.41) is 3.03. The van der Waals surface area contributed by atoms with Gasteiger partial charge in [0.1, 0.15) is 0 Å². The number of rotatable bonds is 1. The van der Waals surface area contributed by atoms with E-state index in [1.807, 2.05) is 42.2 Å². The maximum absolute atomic E-state index is 12.6. The van der Waals surface area contributed by atoms with Crippen molar-refractivity contribution in [3.05, 3.63) is 65.2 Å². The van der Waals surface area contributed by atoms with Crippen LogP contribution in [0.1, 0.15) is 29.7 Å². The highest BCUT2D eigenvalue weighted by Crippen LogP contribution is 2.29. The number of anilines is 1. The zero-order valence-corrected chi connectivity index (χ0v) is 12.5. The lowest BCUT2D eigenvalue weighted by molar-refractivity contribution is 0.188. The maximum Gasteiger partial charge on any atom is 0.322 e. The van der Waals surface area contributed by atoms with Crippen LogP contribution < -0.4 is 5.32 Å². The number of nitrogens with zero attached hydrogens (tertiary/aromatic N) is 1. The van der Waals surface area contributed by atoms with Crippen molar-refractivity contribution in [1.29, 1.82) is 0 Å². The Morgan fingerprint density at radius 3 is 2.67 bits per heavy atom. The standard InChI is InChI=1S/C18H20N2O/c1-13-7-3-6-10-17(13)19-18(21)20-12-11-15-8-4-5-9-16(15)14(20)2/h3-10,14H,11-12H2,1-2H3,(H,19,21). The number of fused-ring (bicyclic) bond motifs is 1. The average Bonchev–Trinajstić information content (AvgIpc) is 2.50. The third-order valence-electron chi connectivity index (χ3n) is 4.24. The van der Waals surface area contributed by atoms with Gasteiger partial charge in [-0.3, -0.25) is 0 Å². The van der Waals surface area contributed by atoms with Crippen LogP contribution in [-0.4, -0.2) is 17.5 Å². The molecule has 1 unspecified atom stereocenters. The quantitative estimate of drug-likeness (QED) is 0.836. The topological polar surface area (TPSA) is 32.3 Å². The SMILES string of the molecule is Cc1ccccc1NC(=O)N1CCc2ccccc2C1C. The lowest BCUT2D eigenvalue weighted by Crippen LogP contribution is -2.41. The van der Waals surface area contributed by atoms with Crippen LogP contribution in [0.15, 0.2) is 48.5 Å². The molecule has 3 heteroatoms. The van der Waals surface area contributed by atoms with Crippen molar-refractivity contribution in [2.75, 3.05) is 11.9 Å². The number of carbonyl (C=O) groups excluding carboxylic acids is 1. The van der Waals surface area contributed by atoms with E-state index in [2.05, 4.69) is 30.4 Å². The Labute approximate surface area is 125 Å². The van der Waals surface area contributed by atoms with Gasteiger partial charge in [-0.25, -0.2) is 4.79 Å². The van der Waals surface area contributed by atoms with E-state index < -0.39 is 0 Å². The zero-order valence-electron chi connectivity index (χ0n) is 12.5. The summed E-state index contributed by atoms with van der Waals surface area (Å²) in [7, 11) is 0. The molecule has 0 saturated heterocycles. The Balaban J connectivity index is 1.79. The molecule has 1 aliphatic rings. The minimum Gasteiger partial charge on any atom is -0.317 e. The summed E-state index contributed by atoms with van der Waals surface area (Å²) in [6.45, 7) is 4.86. The molecule has 0 fully saturated rings. The Hall–Kier alpha value is -2.29. The van der Waals surface area contributed by atoms with Gasteiger partial charge in [0.25, 0.3) is 0 Å². The molecule has 1 heterocycles. The third kappa shape index (κ3) is 2.64. The van der Waals surface area contributed by atoms with E-state index in [1.54, 1.807) is 0 Å². The van der Waals surface area contributed by atoms with Gasteiger partial charge in [0, 0.05) is 12.2 Å². The second-order valence-electron chi connectivity index (χ2n) is 5.56. The Morgan fingerprint density at radius 2 is 1.86 bits per heavy atom. The van der Waals surface area contributed by atoms with Crippen LogP contribution in [0.2, 0.25) is 0 Å². The van der Waals surface area contributed by atoms with E-state index in [0.717, 1.165) is 24.2 Å². The van der Waals surface area contributed by atoms with Gasteiger partial charge in [-0.05, 0) is 43.0 Å². The summed E-state index contributed by atoms with van der Waals surface area (Å²) >= 11 is 0. The first kappa shape index (κ1) is 13.7. The predicted molar refractivity (Wildman–Crippen MR) is 85.5 cm³/mol. The van der Waals surface area contributed by atoms with E-state index >= 15 is 0 Å². The molecule has 1 aliphatic heterocycles. The first-order valence-electron chi connectivity index (χ1n) is 7.38. The molecule has 2 amide bonds. The van der Waals surface area contributed by atoms with Gasteiger partial charge < -0.3 is 10.2 Å². The summed E-state index contributed by atoms with van der Waals surface area (Å²) in [5.74, 6) is 0. The van der Waals surface area contributed by atoms with Crippen molar-refractivity contribution in [3.8, 4) is 0 Å². The van der Waals surface area contributed by atoms with Gasteiger partial charge in [0.05, 0.1) is 6.04 Å². The fourth-order valence-corrected chi connectivity index (χ4v) is 2.95. The molecule has 2 aromatic carbocycles. The van der Waals surface area contributed by atoms with Crippen molar-refractivity contribution in [3.63, 3.8) is 0 Å². The maximum atomic E-state index is 12.6. The number of hydrogen-bond donors (Lipinski definition) is 1. The lowest BCUT2D eigenvalue weighted by atomic mass is 9.94. The summed E-state index contributed by atoms with van der Waals surface area (Å²) in [6.07, 6.45) is 0.918. The molecule has 0 saturated carbocycles. The molecule has 0 radical (unpaired) electrons. The van der Waals surface area contributed by atoms with Crippen LogP contribution in [0.5, 0.6) is 0 Å². The highest BCUT2D eigenvalue weighted by atomic mass is 16.2. The summed E-state index contributed by atoms with van der Waals surface area (Å²) in [5.41, 5.74) is 4.57. The number of amides is 2. The van der Waals surface area contributed by atoms with Crippen molar-refractivity contribution >= 4 is 11.7 Å². The second-order valence-corrected chi connectivity index (χ2v) is 5.56. The minimum atomic E-state index is -0.0219. The fourth-order valence-electron chi connectivity index (χ4n) is 2.95. The van der Waals surface area contributed by atoms with Gasteiger partial charge in [0.2, 0.25) is 0 Å². The molecule has 3 rings (SSSR count). The van der Waals surface area contributed by atoms with Crippen LogP contribution >= 0.6 is 0 Å². The van der Waals surface area contributed by atoms with Crippen LogP contribution in [0.3, 0.4) is 0 Å². The number of hydrogen-bond acceptors (Lipinski definition) is 1. The lowest BCUT2D eigenvalue weighted by Gasteiger charge is -2.35. The molecule has 21 heavy (non-hydrogen) atoms. The van der Waals surface area contributed by atoms with Gasteiger partial charge in [-0.15, -0.1) is 0 Å². The highest BCUT2D eigenvalue weighted by Gasteiger charge is 2.27. The van der Waals surface area contributed by atoms with Gasteiger partial charge in [-0.1, -0.05) is 42.5 Å². The van der Waals surface area contributed by atoms with E-state index in [0.29, 0.717) is 0 Å². The molecule has 2 aromatic rings. The number of carbonyl (C=O) groups is 1. The average molecular weight is 280 g/mol. The first-order valence-corrected chi connectivity index (χ1v) is 7.38. The normalized spacial score (nSPS) is 17.2. The molecular formula is C18H20N2O. The molecule has 0 bridgehead atoms. The van der Waals surface area contributed by atoms with Crippen LogP contribution in [-0.2, 0) is 6.42 Å². The molecule has 108 valence electrons. The first-order chi connectivity index (χ1) is 10.2.